The Balaban J connectivity index is 1.99. The number of rotatable bonds is 5. The van der Waals surface area contributed by atoms with Crippen molar-refractivity contribution >= 4 is 17.3 Å². The quantitative estimate of drug-likeness (QED) is 0.586. The standard InChI is InChI=1S/C23H24O4/c1-4-27-23(25)22-20(17-9-11-19(26-3)12-10-17)13-18(14-21(22)24)16-7-5-15(2)6-8-16/h5-12,14,20,22H,4,13H2,1-3H3/t20-,22+/m0/s1. The number of methoxy groups -OCH3 is 1. The van der Waals surface area contributed by atoms with E-state index in [0.29, 0.717) is 6.42 Å². The second kappa shape index (κ2) is 8.21. The number of hydrogen-bond acceptors (Lipinski definition) is 4. The number of carbonyl (C=O) groups excluding carboxylic acids is 2. The highest BCUT2D eigenvalue weighted by Crippen LogP contribution is 2.40. The van der Waals surface area contributed by atoms with E-state index in [4.69, 9.17) is 9.47 Å². The molecule has 0 heterocycles. The van der Waals surface area contributed by atoms with Gasteiger partial charge in [-0.05, 0) is 55.2 Å². The molecular formula is C23H24O4. The predicted molar refractivity (Wildman–Crippen MR) is 105 cm³/mol. The smallest absolute Gasteiger partial charge is 0.317 e. The maximum absolute atomic E-state index is 12.9. The maximum atomic E-state index is 12.9. The molecule has 0 aromatic heterocycles. The Labute approximate surface area is 159 Å². The first-order chi connectivity index (χ1) is 13.0. The van der Waals surface area contributed by atoms with Crippen LogP contribution in [0.5, 0.6) is 5.75 Å². The van der Waals surface area contributed by atoms with Crippen molar-refractivity contribution in [2.45, 2.75) is 26.2 Å². The molecule has 1 aliphatic carbocycles. The molecule has 0 saturated heterocycles. The summed E-state index contributed by atoms with van der Waals surface area (Å²) < 4.78 is 10.4. The molecule has 3 rings (SSSR count). The van der Waals surface area contributed by atoms with Gasteiger partial charge in [-0.3, -0.25) is 9.59 Å². The van der Waals surface area contributed by atoms with Crippen LogP contribution in [0, 0.1) is 12.8 Å². The van der Waals surface area contributed by atoms with Gasteiger partial charge in [0.05, 0.1) is 13.7 Å². The van der Waals surface area contributed by atoms with E-state index < -0.39 is 11.9 Å². The van der Waals surface area contributed by atoms with Gasteiger partial charge in [-0.25, -0.2) is 0 Å². The van der Waals surface area contributed by atoms with Crippen molar-refractivity contribution < 1.29 is 19.1 Å². The molecule has 4 heteroatoms. The number of ether oxygens (including phenoxy) is 2. The normalized spacial score (nSPS) is 19.4. The molecule has 0 radical (unpaired) electrons. The Bertz CT molecular complexity index is 847. The summed E-state index contributed by atoms with van der Waals surface area (Å²) in [6.45, 7) is 4.04. The summed E-state index contributed by atoms with van der Waals surface area (Å²) in [5, 5.41) is 0. The average Bonchev–Trinajstić information content (AvgIpc) is 2.68. The number of hydrogen-bond donors (Lipinski definition) is 0. The zero-order valence-corrected chi connectivity index (χ0v) is 15.9. The Morgan fingerprint density at radius 1 is 1.07 bits per heavy atom. The highest BCUT2D eigenvalue weighted by molar-refractivity contribution is 6.10. The summed E-state index contributed by atoms with van der Waals surface area (Å²) in [5.74, 6) is -0.988. The minimum atomic E-state index is -0.812. The Morgan fingerprint density at radius 2 is 1.74 bits per heavy atom. The third-order valence-electron chi connectivity index (χ3n) is 4.97. The van der Waals surface area contributed by atoms with Crippen molar-refractivity contribution in [3.8, 4) is 5.75 Å². The zero-order valence-electron chi connectivity index (χ0n) is 15.9. The summed E-state index contributed by atoms with van der Waals surface area (Å²) in [5.41, 5.74) is 4.05. The van der Waals surface area contributed by atoms with Crippen LogP contribution in [-0.2, 0) is 14.3 Å². The number of aryl methyl sites for hydroxylation is 1. The fourth-order valence-electron chi connectivity index (χ4n) is 3.52. The van der Waals surface area contributed by atoms with Gasteiger partial charge in [-0.1, -0.05) is 42.0 Å². The number of carbonyl (C=O) groups is 2. The van der Waals surface area contributed by atoms with Crippen LogP contribution in [0.4, 0.5) is 0 Å². The fraction of sp³-hybridized carbons (Fsp3) is 0.304. The minimum Gasteiger partial charge on any atom is -0.497 e. The van der Waals surface area contributed by atoms with Crippen LogP contribution in [0.1, 0.15) is 36.0 Å². The molecule has 0 saturated carbocycles. The first kappa shape index (κ1) is 18.9. The topological polar surface area (TPSA) is 52.6 Å². The second-order valence-corrected chi connectivity index (χ2v) is 6.75. The van der Waals surface area contributed by atoms with Gasteiger partial charge in [0, 0.05) is 5.92 Å². The van der Waals surface area contributed by atoms with E-state index in [1.807, 2.05) is 55.5 Å². The second-order valence-electron chi connectivity index (χ2n) is 6.75. The molecule has 0 amide bonds. The van der Waals surface area contributed by atoms with Gasteiger partial charge in [0.1, 0.15) is 11.7 Å². The third-order valence-corrected chi connectivity index (χ3v) is 4.97. The van der Waals surface area contributed by atoms with Gasteiger partial charge in [-0.2, -0.15) is 0 Å². The maximum Gasteiger partial charge on any atom is 0.317 e. The lowest BCUT2D eigenvalue weighted by molar-refractivity contribution is -0.151. The monoisotopic (exact) mass is 364 g/mol. The van der Waals surface area contributed by atoms with Crippen molar-refractivity contribution in [2.75, 3.05) is 13.7 Å². The van der Waals surface area contributed by atoms with Crippen LogP contribution in [0.3, 0.4) is 0 Å². The molecule has 2 atom stereocenters. The van der Waals surface area contributed by atoms with E-state index in [1.165, 1.54) is 0 Å². The molecular weight excluding hydrogens is 340 g/mol. The highest BCUT2D eigenvalue weighted by atomic mass is 16.5. The van der Waals surface area contributed by atoms with Gasteiger partial charge in [0.25, 0.3) is 0 Å². The number of benzene rings is 2. The van der Waals surface area contributed by atoms with E-state index in [0.717, 1.165) is 28.0 Å². The summed E-state index contributed by atoms with van der Waals surface area (Å²) in [6.07, 6.45) is 2.21. The first-order valence-electron chi connectivity index (χ1n) is 9.15. The molecule has 0 bridgehead atoms. The lowest BCUT2D eigenvalue weighted by atomic mass is 9.73. The van der Waals surface area contributed by atoms with Crippen molar-refractivity contribution in [3.63, 3.8) is 0 Å². The first-order valence-corrected chi connectivity index (χ1v) is 9.15. The van der Waals surface area contributed by atoms with Crippen LogP contribution in [0.2, 0.25) is 0 Å². The van der Waals surface area contributed by atoms with Crippen molar-refractivity contribution in [2.24, 2.45) is 5.92 Å². The molecule has 0 unspecified atom stereocenters. The molecule has 0 aliphatic heterocycles. The zero-order chi connectivity index (χ0) is 19.4. The van der Waals surface area contributed by atoms with Crippen molar-refractivity contribution in [1.29, 1.82) is 0 Å². The van der Waals surface area contributed by atoms with Gasteiger partial charge in [-0.15, -0.1) is 0 Å². The van der Waals surface area contributed by atoms with Crippen LogP contribution >= 0.6 is 0 Å². The largest absolute Gasteiger partial charge is 0.497 e. The Hall–Kier alpha value is -2.88. The molecule has 0 N–H and O–H groups in total. The van der Waals surface area contributed by atoms with Crippen LogP contribution in [-0.4, -0.2) is 25.5 Å². The van der Waals surface area contributed by atoms with Crippen LogP contribution in [0.25, 0.3) is 5.57 Å². The molecule has 0 fully saturated rings. The fourth-order valence-corrected chi connectivity index (χ4v) is 3.52. The molecule has 0 spiro atoms. The summed E-state index contributed by atoms with van der Waals surface area (Å²) >= 11 is 0. The van der Waals surface area contributed by atoms with E-state index >= 15 is 0 Å². The SMILES string of the molecule is CCOC(=O)[C@H]1C(=O)C=C(c2ccc(C)cc2)C[C@H]1c1ccc(OC)cc1. The molecule has 1 aliphatic rings. The molecule has 27 heavy (non-hydrogen) atoms. The molecule has 2 aromatic rings. The van der Waals surface area contributed by atoms with Crippen molar-refractivity contribution in [1.82, 2.24) is 0 Å². The van der Waals surface area contributed by atoms with Crippen molar-refractivity contribution in [3.05, 3.63) is 71.3 Å². The van der Waals surface area contributed by atoms with Gasteiger partial charge in [0.2, 0.25) is 0 Å². The molecule has 140 valence electrons. The van der Waals surface area contributed by atoms with Gasteiger partial charge < -0.3 is 9.47 Å². The number of esters is 1. The highest BCUT2D eigenvalue weighted by Gasteiger charge is 2.39. The van der Waals surface area contributed by atoms with E-state index in [-0.39, 0.29) is 18.3 Å². The van der Waals surface area contributed by atoms with E-state index in [2.05, 4.69) is 0 Å². The van der Waals surface area contributed by atoms with Crippen LogP contribution < -0.4 is 4.74 Å². The van der Waals surface area contributed by atoms with E-state index in [1.54, 1.807) is 20.1 Å². The Kier molecular flexibility index (Phi) is 5.75. The summed E-state index contributed by atoms with van der Waals surface area (Å²) in [7, 11) is 1.61. The van der Waals surface area contributed by atoms with E-state index in [9.17, 15) is 9.59 Å². The van der Waals surface area contributed by atoms with Crippen LogP contribution in [0.15, 0.2) is 54.6 Å². The third kappa shape index (κ3) is 4.11. The average molecular weight is 364 g/mol. The molecule has 2 aromatic carbocycles. The number of allylic oxidation sites excluding steroid dienone is 2. The van der Waals surface area contributed by atoms with Gasteiger partial charge >= 0.3 is 5.97 Å². The summed E-state index contributed by atoms with van der Waals surface area (Å²) in [4.78, 5) is 25.4. The predicted octanol–water partition coefficient (Wildman–Crippen LogP) is 4.32. The molecule has 4 nitrogen and oxygen atoms in total. The minimum absolute atomic E-state index is 0.198. The summed E-state index contributed by atoms with van der Waals surface area (Å²) in [6, 6.07) is 15.6. The lowest BCUT2D eigenvalue weighted by Crippen LogP contribution is -2.34. The van der Waals surface area contributed by atoms with Gasteiger partial charge in [0.15, 0.2) is 5.78 Å². The lowest BCUT2D eigenvalue weighted by Gasteiger charge is -2.29. The number of ketones is 1. The Morgan fingerprint density at radius 3 is 2.33 bits per heavy atom.